The summed E-state index contributed by atoms with van der Waals surface area (Å²) in [6.07, 6.45) is 6.19. The number of hydrogen-bond acceptors (Lipinski definition) is 4. The van der Waals surface area contributed by atoms with E-state index < -0.39 is 9.84 Å². The zero-order chi connectivity index (χ0) is 16.4. The van der Waals surface area contributed by atoms with Gasteiger partial charge in [-0.1, -0.05) is 0 Å². The van der Waals surface area contributed by atoms with Crippen LogP contribution in [0.5, 0.6) is 0 Å². The molecule has 1 aliphatic rings. The lowest BCUT2D eigenvalue weighted by Crippen LogP contribution is -2.34. The van der Waals surface area contributed by atoms with Gasteiger partial charge in [-0.05, 0) is 65.1 Å². The van der Waals surface area contributed by atoms with Gasteiger partial charge in [-0.25, -0.2) is 8.42 Å². The van der Waals surface area contributed by atoms with Gasteiger partial charge < -0.3 is 4.90 Å². The third-order valence-corrected chi connectivity index (χ3v) is 5.64. The van der Waals surface area contributed by atoms with Crippen LogP contribution in [0.2, 0.25) is 0 Å². The fourth-order valence-corrected chi connectivity index (χ4v) is 3.96. The molecule has 0 spiro atoms. The summed E-state index contributed by atoms with van der Waals surface area (Å²) in [5, 5.41) is 3.94. The number of anilines is 1. The largest absolute Gasteiger partial charge is 0.309 e. The van der Waals surface area contributed by atoms with E-state index in [2.05, 4.69) is 0 Å². The molecule has 2 aromatic rings. The second-order valence-electron chi connectivity index (χ2n) is 5.55. The summed E-state index contributed by atoms with van der Waals surface area (Å²) in [5.41, 5.74) is 2.73. The Bertz CT molecular complexity index is 852. The molecule has 1 amide bonds. The number of rotatable bonds is 3. The Morgan fingerprint density at radius 3 is 2.83 bits per heavy atom. The van der Waals surface area contributed by atoms with Crippen LogP contribution in [0.4, 0.5) is 5.69 Å². The second-order valence-corrected chi connectivity index (χ2v) is 8.34. The monoisotopic (exact) mass is 347 g/mol. The normalized spacial score (nSPS) is 14.9. The molecule has 0 radical (unpaired) electrons. The fourth-order valence-electron chi connectivity index (χ4n) is 2.66. The Morgan fingerprint density at radius 2 is 2.13 bits per heavy atom. The smallest absolute Gasteiger partial charge is 0.250 e. The van der Waals surface area contributed by atoms with Crippen LogP contribution < -0.4 is 4.90 Å². The van der Waals surface area contributed by atoms with E-state index in [0.29, 0.717) is 11.4 Å². The first kappa shape index (κ1) is 16.0. The molecule has 1 aromatic carbocycles. The number of aryl methyl sites for hydroxylation is 1. The van der Waals surface area contributed by atoms with Crippen LogP contribution in [0.25, 0.3) is 6.08 Å². The number of sulfone groups is 1. The summed E-state index contributed by atoms with van der Waals surface area (Å²) in [6.45, 7) is 0.651. The number of carbonyl (C=O) groups is 1. The number of amides is 1. The van der Waals surface area contributed by atoms with Crippen molar-refractivity contribution in [2.45, 2.75) is 17.7 Å². The molecule has 0 fully saturated rings. The van der Waals surface area contributed by atoms with E-state index in [0.717, 1.165) is 29.7 Å². The van der Waals surface area contributed by atoms with Crippen molar-refractivity contribution in [2.24, 2.45) is 0 Å². The first-order valence-corrected chi connectivity index (χ1v) is 10.1. The Morgan fingerprint density at radius 1 is 1.30 bits per heavy atom. The van der Waals surface area contributed by atoms with E-state index in [9.17, 15) is 13.2 Å². The van der Waals surface area contributed by atoms with Gasteiger partial charge >= 0.3 is 0 Å². The maximum atomic E-state index is 12.5. The Kier molecular flexibility index (Phi) is 4.37. The van der Waals surface area contributed by atoms with Crippen molar-refractivity contribution in [1.82, 2.24) is 0 Å². The summed E-state index contributed by atoms with van der Waals surface area (Å²) in [4.78, 5) is 14.5. The molecule has 3 rings (SSSR count). The summed E-state index contributed by atoms with van der Waals surface area (Å²) < 4.78 is 23.4. The minimum Gasteiger partial charge on any atom is -0.309 e. The zero-order valence-electron chi connectivity index (χ0n) is 12.7. The minimum absolute atomic E-state index is 0.0794. The van der Waals surface area contributed by atoms with Crippen molar-refractivity contribution in [3.63, 3.8) is 0 Å². The first-order chi connectivity index (χ1) is 10.9. The van der Waals surface area contributed by atoms with Crippen molar-refractivity contribution in [3.8, 4) is 0 Å². The molecule has 6 heteroatoms. The SMILES string of the molecule is CS(=O)(=O)c1ccc2c(c1)CCCN2C(=O)/C=C/c1ccsc1. The molecule has 23 heavy (non-hydrogen) atoms. The predicted octanol–water partition coefficient (Wildman–Crippen LogP) is 3.14. The van der Waals surface area contributed by atoms with Crippen LogP contribution in [0.15, 0.2) is 46.0 Å². The fraction of sp³-hybridized carbons (Fsp3) is 0.235. The lowest BCUT2D eigenvalue weighted by Gasteiger charge is -2.29. The molecule has 0 bridgehead atoms. The average Bonchev–Trinajstić information content (AvgIpc) is 3.04. The molecule has 2 heterocycles. The van der Waals surface area contributed by atoms with Crippen LogP contribution in [0, 0.1) is 0 Å². The average molecular weight is 347 g/mol. The highest BCUT2D eigenvalue weighted by atomic mass is 32.2. The summed E-state index contributed by atoms with van der Waals surface area (Å²) >= 11 is 1.59. The van der Waals surface area contributed by atoms with Crippen LogP contribution in [0.1, 0.15) is 17.5 Å². The molecular weight excluding hydrogens is 330 g/mol. The third-order valence-electron chi connectivity index (χ3n) is 3.83. The molecule has 1 aromatic heterocycles. The number of thiophene rings is 1. The number of nitrogens with zero attached hydrogens (tertiary/aromatic N) is 1. The van der Waals surface area contributed by atoms with Gasteiger partial charge in [0.1, 0.15) is 0 Å². The number of fused-ring (bicyclic) bond motifs is 1. The van der Waals surface area contributed by atoms with Crippen LogP contribution in [-0.4, -0.2) is 27.1 Å². The Labute approximate surface area is 140 Å². The van der Waals surface area contributed by atoms with E-state index in [4.69, 9.17) is 0 Å². The molecule has 120 valence electrons. The van der Waals surface area contributed by atoms with Gasteiger partial charge in [-0.2, -0.15) is 11.3 Å². The Hall–Kier alpha value is -1.92. The molecule has 0 atom stereocenters. The van der Waals surface area contributed by atoms with Gasteiger partial charge in [0, 0.05) is 24.6 Å². The van der Waals surface area contributed by atoms with Gasteiger partial charge in [0.05, 0.1) is 4.90 Å². The third kappa shape index (κ3) is 3.54. The molecular formula is C17H17NO3S2. The molecule has 0 unspecified atom stereocenters. The summed E-state index contributed by atoms with van der Waals surface area (Å²) in [7, 11) is -3.23. The molecule has 1 aliphatic heterocycles. The summed E-state index contributed by atoms with van der Waals surface area (Å²) in [5.74, 6) is -0.0794. The van der Waals surface area contributed by atoms with Gasteiger partial charge in [0.25, 0.3) is 5.91 Å². The van der Waals surface area contributed by atoms with Crippen LogP contribution in [0.3, 0.4) is 0 Å². The molecule has 4 nitrogen and oxygen atoms in total. The lowest BCUT2D eigenvalue weighted by atomic mass is 10.0. The standard InChI is InChI=1S/C17H17NO3S2/c1-23(20,21)15-5-6-16-14(11-15)3-2-9-18(16)17(19)7-4-13-8-10-22-12-13/h4-8,10-12H,2-3,9H2,1H3/b7-4+. The van der Waals surface area contributed by atoms with Crippen LogP contribution in [-0.2, 0) is 21.1 Å². The maximum Gasteiger partial charge on any atom is 0.250 e. The Balaban J connectivity index is 1.88. The quantitative estimate of drug-likeness (QED) is 0.802. The van der Waals surface area contributed by atoms with Crippen molar-refractivity contribution in [2.75, 3.05) is 17.7 Å². The molecule has 0 saturated carbocycles. The van der Waals surface area contributed by atoms with Crippen molar-refractivity contribution < 1.29 is 13.2 Å². The molecule has 0 N–H and O–H groups in total. The van der Waals surface area contributed by atoms with Gasteiger partial charge in [0.2, 0.25) is 0 Å². The molecule has 0 saturated heterocycles. The van der Waals surface area contributed by atoms with E-state index in [1.807, 2.05) is 16.8 Å². The van der Waals surface area contributed by atoms with Gasteiger partial charge in [0.15, 0.2) is 9.84 Å². The minimum atomic E-state index is -3.23. The van der Waals surface area contributed by atoms with Crippen LogP contribution >= 0.6 is 11.3 Å². The highest BCUT2D eigenvalue weighted by Crippen LogP contribution is 2.29. The maximum absolute atomic E-state index is 12.5. The topological polar surface area (TPSA) is 54.5 Å². The van der Waals surface area contributed by atoms with E-state index in [1.54, 1.807) is 46.6 Å². The van der Waals surface area contributed by atoms with Crippen molar-refractivity contribution in [1.29, 1.82) is 0 Å². The van der Waals surface area contributed by atoms with E-state index >= 15 is 0 Å². The number of benzene rings is 1. The summed E-state index contributed by atoms with van der Waals surface area (Å²) in [6, 6.07) is 6.95. The van der Waals surface area contributed by atoms with Crippen molar-refractivity contribution in [3.05, 3.63) is 52.2 Å². The number of carbonyl (C=O) groups excluding carboxylic acids is 1. The van der Waals surface area contributed by atoms with E-state index in [1.165, 1.54) is 6.26 Å². The molecule has 0 aliphatic carbocycles. The highest BCUT2D eigenvalue weighted by molar-refractivity contribution is 7.90. The lowest BCUT2D eigenvalue weighted by molar-refractivity contribution is -0.114. The highest BCUT2D eigenvalue weighted by Gasteiger charge is 2.22. The predicted molar refractivity (Wildman–Crippen MR) is 93.6 cm³/mol. The van der Waals surface area contributed by atoms with Crippen molar-refractivity contribution >= 4 is 38.8 Å². The zero-order valence-corrected chi connectivity index (χ0v) is 14.4. The van der Waals surface area contributed by atoms with E-state index in [-0.39, 0.29) is 5.91 Å². The van der Waals surface area contributed by atoms with Gasteiger partial charge in [-0.15, -0.1) is 0 Å². The van der Waals surface area contributed by atoms with Gasteiger partial charge in [-0.3, -0.25) is 4.79 Å². The number of hydrogen-bond donors (Lipinski definition) is 0. The second kappa shape index (κ2) is 6.29. The first-order valence-electron chi connectivity index (χ1n) is 7.30.